The van der Waals surface area contributed by atoms with Gasteiger partial charge in [-0.25, -0.2) is 0 Å². The second-order valence-corrected chi connectivity index (χ2v) is 11.3. The molecule has 0 radical (unpaired) electrons. The summed E-state index contributed by atoms with van der Waals surface area (Å²) in [5.41, 5.74) is 2.63. The van der Waals surface area contributed by atoms with Crippen LogP contribution in [-0.4, -0.2) is 63.7 Å². The summed E-state index contributed by atoms with van der Waals surface area (Å²) in [4.78, 5) is 4.89. The highest BCUT2D eigenvalue weighted by molar-refractivity contribution is 5.53. The molecule has 2 saturated heterocycles. The predicted molar refractivity (Wildman–Crippen MR) is 136 cm³/mol. The van der Waals surface area contributed by atoms with Gasteiger partial charge in [0.2, 0.25) is 0 Å². The van der Waals surface area contributed by atoms with Gasteiger partial charge in [0, 0.05) is 42.8 Å². The number of aliphatic hydroxyl groups is 3. The molecule has 2 aromatic carbocycles. The highest BCUT2D eigenvalue weighted by Gasteiger charge is 2.56. The maximum absolute atomic E-state index is 11.8. The molecule has 1 saturated carbocycles. The number of piperidine rings is 1. The van der Waals surface area contributed by atoms with E-state index in [1.807, 2.05) is 6.07 Å². The monoisotopic (exact) mass is 464 g/mol. The Kier molecular flexibility index (Phi) is 6.49. The minimum atomic E-state index is -0.757. The predicted octanol–water partition coefficient (Wildman–Crippen LogP) is 4.05. The van der Waals surface area contributed by atoms with Gasteiger partial charge in [-0.3, -0.25) is 4.90 Å². The van der Waals surface area contributed by atoms with E-state index >= 15 is 0 Å². The molecule has 2 heterocycles. The molecule has 3 aliphatic rings. The maximum Gasteiger partial charge on any atom is 0.0868 e. The fourth-order valence-corrected chi connectivity index (χ4v) is 6.98. The van der Waals surface area contributed by atoms with Crippen molar-refractivity contribution in [3.05, 3.63) is 65.7 Å². The highest BCUT2D eigenvalue weighted by atomic mass is 16.3. The average Bonchev–Trinajstić information content (AvgIpc) is 3.06. The zero-order valence-corrected chi connectivity index (χ0v) is 20.6. The minimum Gasteiger partial charge on any atom is -0.390 e. The second-order valence-electron chi connectivity index (χ2n) is 11.3. The van der Waals surface area contributed by atoms with E-state index in [1.54, 1.807) is 0 Å². The van der Waals surface area contributed by atoms with Crippen molar-refractivity contribution in [1.29, 1.82) is 0 Å². The Morgan fingerprint density at radius 1 is 0.941 bits per heavy atom. The Morgan fingerprint density at radius 2 is 1.62 bits per heavy atom. The Bertz CT molecular complexity index is 974. The first-order chi connectivity index (χ1) is 16.3. The van der Waals surface area contributed by atoms with Crippen LogP contribution in [-0.2, 0) is 0 Å². The molecule has 2 aliphatic heterocycles. The first-order valence-electron chi connectivity index (χ1n) is 13.0. The number of likely N-dealkylation sites (tertiary alicyclic amines) is 1. The smallest absolute Gasteiger partial charge is 0.0868 e. The van der Waals surface area contributed by atoms with Gasteiger partial charge in [0.05, 0.1) is 17.8 Å². The second kappa shape index (κ2) is 9.27. The van der Waals surface area contributed by atoms with Gasteiger partial charge in [-0.2, -0.15) is 0 Å². The molecule has 184 valence electrons. The van der Waals surface area contributed by atoms with Gasteiger partial charge >= 0.3 is 0 Å². The fraction of sp³-hybridized carbons (Fsp3) is 0.586. The Hall–Kier alpha value is -1.92. The van der Waals surface area contributed by atoms with E-state index in [2.05, 4.69) is 72.2 Å². The molecule has 0 spiro atoms. The van der Waals surface area contributed by atoms with E-state index in [-0.39, 0.29) is 12.1 Å². The molecule has 5 rings (SSSR count). The first-order valence-corrected chi connectivity index (χ1v) is 13.0. The molecule has 0 aromatic heterocycles. The van der Waals surface area contributed by atoms with Gasteiger partial charge in [-0.05, 0) is 62.6 Å². The van der Waals surface area contributed by atoms with Gasteiger partial charge in [0.1, 0.15) is 0 Å². The number of hydrogen-bond donors (Lipinski definition) is 3. The number of hydrogen-bond acceptors (Lipinski definition) is 5. The van der Waals surface area contributed by atoms with Crippen LogP contribution in [0.15, 0.2) is 54.6 Å². The summed E-state index contributed by atoms with van der Waals surface area (Å²) in [6.07, 6.45) is 3.33. The van der Waals surface area contributed by atoms with E-state index in [0.29, 0.717) is 13.0 Å². The number of nitrogens with zero attached hydrogens (tertiary/aromatic N) is 2. The minimum absolute atomic E-state index is 0.134. The molecule has 2 aromatic rings. The third kappa shape index (κ3) is 4.28. The molecule has 34 heavy (non-hydrogen) atoms. The third-order valence-corrected chi connectivity index (χ3v) is 9.02. The summed E-state index contributed by atoms with van der Waals surface area (Å²) in [5, 5.41) is 33.6. The molecule has 5 atom stereocenters. The molecule has 3 N–H and O–H groups in total. The summed E-state index contributed by atoms with van der Waals surface area (Å²) in [6.45, 7) is 6.59. The Morgan fingerprint density at radius 3 is 2.32 bits per heavy atom. The van der Waals surface area contributed by atoms with Crippen molar-refractivity contribution < 1.29 is 15.3 Å². The van der Waals surface area contributed by atoms with E-state index in [1.165, 1.54) is 16.8 Å². The number of para-hydroxylation sites is 1. The lowest BCUT2D eigenvalue weighted by molar-refractivity contribution is -0.0723. The van der Waals surface area contributed by atoms with E-state index in [9.17, 15) is 15.3 Å². The van der Waals surface area contributed by atoms with Crippen molar-refractivity contribution in [2.24, 2.45) is 5.41 Å². The summed E-state index contributed by atoms with van der Waals surface area (Å²) in [6, 6.07) is 19.3. The summed E-state index contributed by atoms with van der Waals surface area (Å²) in [5.74, 6) is 0. The average molecular weight is 465 g/mol. The number of fused-ring (bicyclic) bond motifs is 1. The molecule has 1 aliphatic carbocycles. The maximum atomic E-state index is 11.8. The standard InChI is InChI=1S/C29H40N2O3/c1-21-9-6-7-12-23(21)30-17-15-29(34,16-18-30)20-31-24(22-10-4-3-5-11-22)19-28(2)26(31)14-8-13-25(32)27(28)33/h3-7,9-12,24-27,32-34H,8,13-20H2,1-2H3/t24-,25-,26-,27+,28-/m1/s1. The summed E-state index contributed by atoms with van der Waals surface area (Å²) >= 11 is 0. The van der Waals surface area contributed by atoms with Gasteiger partial charge in [0.25, 0.3) is 0 Å². The molecule has 5 heteroatoms. The molecular formula is C29H40N2O3. The summed E-state index contributed by atoms with van der Waals surface area (Å²) in [7, 11) is 0. The molecule has 0 amide bonds. The fourth-order valence-electron chi connectivity index (χ4n) is 6.98. The topological polar surface area (TPSA) is 67.2 Å². The van der Waals surface area contributed by atoms with Gasteiger partial charge in [-0.15, -0.1) is 0 Å². The number of anilines is 1. The van der Waals surface area contributed by atoms with Gasteiger partial charge < -0.3 is 20.2 Å². The van der Waals surface area contributed by atoms with Crippen molar-refractivity contribution in [3.8, 4) is 0 Å². The number of benzene rings is 2. The van der Waals surface area contributed by atoms with Gasteiger partial charge in [0.15, 0.2) is 0 Å². The quantitative estimate of drug-likeness (QED) is 0.637. The Labute approximate surface area is 204 Å². The van der Waals surface area contributed by atoms with Crippen LogP contribution in [0.5, 0.6) is 0 Å². The molecule has 0 unspecified atom stereocenters. The normalized spacial score (nSPS) is 34.0. The van der Waals surface area contributed by atoms with Crippen LogP contribution in [0.25, 0.3) is 0 Å². The van der Waals surface area contributed by atoms with Crippen molar-refractivity contribution in [3.63, 3.8) is 0 Å². The Balaban J connectivity index is 1.39. The lowest BCUT2D eigenvalue weighted by atomic mass is 9.74. The number of rotatable bonds is 4. The number of aliphatic hydroxyl groups excluding tert-OH is 2. The van der Waals surface area contributed by atoms with Crippen molar-refractivity contribution in [2.45, 2.75) is 82.3 Å². The number of aryl methyl sites for hydroxylation is 1. The lowest BCUT2D eigenvalue weighted by Gasteiger charge is -2.45. The molecule has 0 bridgehead atoms. The first kappa shape index (κ1) is 23.8. The summed E-state index contributed by atoms with van der Waals surface area (Å²) < 4.78 is 0. The van der Waals surface area contributed by atoms with Crippen LogP contribution < -0.4 is 4.90 Å². The van der Waals surface area contributed by atoms with Crippen LogP contribution in [0.4, 0.5) is 5.69 Å². The molecule has 5 nitrogen and oxygen atoms in total. The van der Waals surface area contributed by atoms with Crippen LogP contribution >= 0.6 is 0 Å². The van der Waals surface area contributed by atoms with E-state index in [4.69, 9.17) is 0 Å². The zero-order valence-electron chi connectivity index (χ0n) is 20.6. The van der Waals surface area contributed by atoms with Crippen molar-refractivity contribution in [1.82, 2.24) is 4.90 Å². The lowest BCUT2D eigenvalue weighted by Crippen LogP contribution is -2.54. The SMILES string of the molecule is Cc1ccccc1N1CCC(O)(CN2[C@@H](c3ccccc3)C[C@@]3(C)[C@@H](O)[C@H](O)CCC[C@@H]23)CC1. The van der Waals surface area contributed by atoms with Crippen LogP contribution in [0.2, 0.25) is 0 Å². The zero-order chi connectivity index (χ0) is 23.9. The van der Waals surface area contributed by atoms with Crippen LogP contribution in [0.1, 0.15) is 62.6 Å². The van der Waals surface area contributed by atoms with E-state index < -0.39 is 23.2 Å². The molecular weight excluding hydrogens is 424 g/mol. The largest absolute Gasteiger partial charge is 0.390 e. The highest BCUT2D eigenvalue weighted by Crippen LogP contribution is 2.54. The van der Waals surface area contributed by atoms with Crippen molar-refractivity contribution >= 4 is 5.69 Å². The van der Waals surface area contributed by atoms with E-state index in [0.717, 1.165) is 45.2 Å². The molecule has 3 fully saturated rings. The van der Waals surface area contributed by atoms with Crippen molar-refractivity contribution in [2.75, 3.05) is 24.5 Å². The van der Waals surface area contributed by atoms with Crippen LogP contribution in [0.3, 0.4) is 0 Å². The third-order valence-electron chi connectivity index (χ3n) is 9.02. The number of β-amino-alcohol motifs (C(OH)–C–C–N with tert-alkyl or cyclic N) is 1. The van der Waals surface area contributed by atoms with Crippen LogP contribution in [0, 0.1) is 12.3 Å². The van der Waals surface area contributed by atoms with Gasteiger partial charge in [-0.1, -0.05) is 55.5 Å².